The van der Waals surface area contributed by atoms with Crippen LogP contribution in [0.5, 0.6) is 0 Å². The summed E-state index contributed by atoms with van der Waals surface area (Å²) in [7, 11) is 0. The van der Waals surface area contributed by atoms with Gasteiger partial charge in [-0.3, -0.25) is 14.6 Å². The third kappa shape index (κ3) is 3.58. The first-order chi connectivity index (χ1) is 15.0. The molecule has 0 spiro atoms. The SMILES string of the molecule is CC(=O)N1CC=C(c2cnc3c(c2)CN(c2nn4c(=O)ccnc4cc2C)CC3)CC1. The van der Waals surface area contributed by atoms with E-state index >= 15 is 0 Å². The molecule has 5 rings (SSSR count). The normalized spacial score (nSPS) is 16.3. The largest absolute Gasteiger partial charge is 0.350 e. The van der Waals surface area contributed by atoms with E-state index in [0.717, 1.165) is 48.6 Å². The monoisotopic (exact) mass is 416 g/mol. The van der Waals surface area contributed by atoms with Gasteiger partial charge >= 0.3 is 0 Å². The molecule has 0 fully saturated rings. The summed E-state index contributed by atoms with van der Waals surface area (Å²) in [6, 6.07) is 5.54. The first-order valence-corrected chi connectivity index (χ1v) is 10.5. The quantitative estimate of drug-likeness (QED) is 0.635. The van der Waals surface area contributed by atoms with Crippen LogP contribution in [0.1, 0.15) is 35.7 Å². The predicted octanol–water partition coefficient (Wildman–Crippen LogP) is 1.99. The second-order valence-electron chi connectivity index (χ2n) is 8.15. The standard InChI is InChI=1S/C23H24N6O2/c1-15-11-21-24-7-3-22(31)29(21)26-23(15)28-10-6-20-19(14-28)12-18(13-25-20)17-4-8-27(9-5-17)16(2)30/h3-4,7,11-13H,5-6,8-10,14H2,1-2H3. The molecule has 3 aromatic heterocycles. The summed E-state index contributed by atoms with van der Waals surface area (Å²) in [6.45, 7) is 6.49. The number of fused-ring (bicyclic) bond motifs is 2. The van der Waals surface area contributed by atoms with Gasteiger partial charge in [0.05, 0.1) is 0 Å². The predicted molar refractivity (Wildman–Crippen MR) is 118 cm³/mol. The molecule has 0 bridgehead atoms. The molecule has 0 saturated carbocycles. The number of carbonyl (C=O) groups excluding carboxylic acids is 1. The van der Waals surface area contributed by atoms with Crippen molar-refractivity contribution < 1.29 is 4.79 Å². The third-order valence-corrected chi connectivity index (χ3v) is 6.11. The Balaban J connectivity index is 1.44. The van der Waals surface area contributed by atoms with E-state index in [0.29, 0.717) is 18.7 Å². The summed E-state index contributed by atoms with van der Waals surface area (Å²) >= 11 is 0. The summed E-state index contributed by atoms with van der Waals surface area (Å²) in [5.41, 5.74) is 6.01. The van der Waals surface area contributed by atoms with Gasteiger partial charge in [0.2, 0.25) is 5.91 Å². The molecule has 0 unspecified atom stereocenters. The Bertz CT molecular complexity index is 1280. The average Bonchev–Trinajstić information content (AvgIpc) is 2.78. The smallest absolute Gasteiger partial charge is 0.274 e. The average molecular weight is 416 g/mol. The van der Waals surface area contributed by atoms with Crippen molar-refractivity contribution in [1.29, 1.82) is 0 Å². The molecule has 8 heteroatoms. The number of amides is 1. The minimum atomic E-state index is -0.184. The number of rotatable bonds is 2. The fourth-order valence-electron chi connectivity index (χ4n) is 4.36. The lowest BCUT2D eigenvalue weighted by molar-refractivity contribution is -0.128. The molecule has 31 heavy (non-hydrogen) atoms. The van der Waals surface area contributed by atoms with Gasteiger partial charge in [-0.2, -0.15) is 4.52 Å². The van der Waals surface area contributed by atoms with Crippen LogP contribution < -0.4 is 10.5 Å². The second-order valence-corrected chi connectivity index (χ2v) is 8.15. The Kier molecular flexibility index (Phi) is 4.77. The first kappa shape index (κ1) is 19.4. The van der Waals surface area contributed by atoms with Crippen LogP contribution in [0, 0.1) is 6.92 Å². The lowest BCUT2D eigenvalue weighted by Crippen LogP contribution is -2.34. The molecule has 0 radical (unpaired) electrons. The fourth-order valence-corrected chi connectivity index (χ4v) is 4.36. The summed E-state index contributed by atoms with van der Waals surface area (Å²) in [4.78, 5) is 36.8. The van der Waals surface area contributed by atoms with E-state index in [1.807, 2.05) is 24.1 Å². The molecular weight excluding hydrogens is 392 g/mol. The van der Waals surface area contributed by atoms with Crippen molar-refractivity contribution in [3.05, 3.63) is 69.4 Å². The van der Waals surface area contributed by atoms with Crippen LogP contribution >= 0.6 is 0 Å². The second kappa shape index (κ2) is 7.61. The minimum Gasteiger partial charge on any atom is -0.350 e. The Hall–Kier alpha value is -3.55. The number of hydrogen-bond donors (Lipinski definition) is 0. The molecule has 5 heterocycles. The summed E-state index contributed by atoms with van der Waals surface area (Å²) in [6.07, 6.45) is 7.26. The zero-order valence-electron chi connectivity index (χ0n) is 17.7. The topological polar surface area (TPSA) is 83.7 Å². The number of carbonyl (C=O) groups is 1. The van der Waals surface area contributed by atoms with Crippen molar-refractivity contribution in [2.75, 3.05) is 24.5 Å². The van der Waals surface area contributed by atoms with Gasteiger partial charge < -0.3 is 9.80 Å². The van der Waals surface area contributed by atoms with Gasteiger partial charge in [0, 0.05) is 63.7 Å². The van der Waals surface area contributed by atoms with E-state index in [9.17, 15) is 9.59 Å². The summed E-state index contributed by atoms with van der Waals surface area (Å²) in [5.74, 6) is 0.912. The fraction of sp³-hybridized carbons (Fsp3) is 0.348. The molecule has 0 aromatic carbocycles. The van der Waals surface area contributed by atoms with Gasteiger partial charge in [-0.25, -0.2) is 4.98 Å². The number of anilines is 1. The third-order valence-electron chi connectivity index (χ3n) is 6.11. The molecule has 0 saturated heterocycles. The molecule has 2 aliphatic rings. The van der Waals surface area contributed by atoms with Crippen molar-refractivity contribution in [1.82, 2.24) is 24.5 Å². The first-order valence-electron chi connectivity index (χ1n) is 10.5. The van der Waals surface area contributed by atoms with Crippen LogP contribution in [0.4, 0.5) is 5.82 Å². The van der Waals surface area contributed by atoms with E-state index in [2.05, 4.69) is 27.1 Å². The summed E-state index contributed by atoms with van der Waals surface area (Å²) < 4.78 is 1.36. The van der Waals surface area contributed by atoms with Crippen LogP contribution in [-0.2, 0) is 17.8 Å². The number of aryl methyl sites for hydroxylation is 1. The molecule has 8 nitrogen and oxygen atoms in total. The maximum absolute atomic E-state index is 12.2. The summed E-state index contributed by atoms with van der Waals surface area (Å²) in [5, 5.41) is 4.61. The van der Waals surface area contributed by atoms with Gasteiger partial charge in [0.1, 0.15) is 0 Å². The maximum atomic E-state index is 12.2. The highest BCUT2D eigenvalue weighted by Crippen LogP contribution is 2.28. The van der Waals surface area contributed by atoms with Crippen molar-refractivity contribution in [3.8, 4) is 0 Å². The molecule has 0 aliphatic carbocycles. The van der Waals surface area contributed by atoms with E-state index in [-0.39, 0.29) is 11.5 Å². The number of aromatic nitrogens is 4. The molecule has 3 aromatic rings. The van der Waals surface area contributed by atoms with Gasteiger partial charge in [-0.1, -0.05) is 6.08 Å². The highest BCUT2D eigenvalue weighted by molar-refractivity contribution is 5.76. The molecular formula is C23H24N6O2. The Morgan fingerprint density at radius 2 is 2.00 bits per heavy atom. The van der Waals surface area contributed by atoms with Crippen LogP contribution in [0.15, 0.2) is 41.5 Å². The van der Waals surface area contributed by atoms with Crippen molar-refractivity contribution in [2.24, 2.45) is 0 Å². The Morgan fingerprint density at radius 1 is 1.13 bits per heavy atom. The number of pyridine rings is 1. The molecule has 158 valence electrons. The van der Waals surface area contributed by atoms with Gasteiger partial charge in [-0.15, -0.1) is 5.10 Å². The molecule has 1 amide bonds. The lowest BCUT2D eigenvalue weighted by atomic mass is 9.96. The zero-order chi connectivity index (χ0) is 21.5. The van der Waals surface area contributed by atoms with Crippen molar-refractivity contribution >= 4 is 22.9 Å². The van der Waals surface area contributed by atoms with Gasteiger partial charge in [0.25, 0.3) is 5.56 Å². The minimum absolute atomic E-state index is 0.113. The van der Waals surface area contributed by atoms with Crippen molar-refractivity contribution in [2.45, 2.75) is 33.2 Å². The molecule has 0 atom stereocenters. The Labute approximate surface area is 179 Å². The Morgan fingerprint density at radius 3 is 2.77 bits per heavy atom. The van der Waals surface area contributed by atoms with Gasteiger partial charge in [-0.05, 0) is 47.7 Å². The molecule has 0 N–H and O–H groups in total. The number of nitrogens with zero attached hydrogens (tertiary/aromatic N) is 6. The highest BCUT2D eigenvalue weighted by Gasteiger charge is 2.22. The zero-order valence-corrected chi connectivity index (χ0v) is 17.7. The van der Waals surface area contributed by atoms with E-state index in [1.54, 1.807) is 6.92 Å². The van der Waals surface area contributed by atoms with E-state index < -0.39 is 0 Å². The number of hydrogen-bond acceptors (Lipinski definition) is 6. The van der Waals surface area contributed by atoms with Crippen LogP contribution in [0.3, 0.4) is 0 Å². The van der Waals surface area contributed by atoms with Crippen LogP contribution in [0.25, 0.3) is 11.2 Å². The van der Waals surface area contributed by atoms with Crippen molar-refractivity contribution in [3.63, 3.8) is 0 Å². The van der Waals surface area contributed by atoms with Crippen LogP contribution in [-0.4, -0.2) is 50.0 Å². The van der Waals surface area contributed by atoms with E-state index in [4.69, 9.17) is 4.98 Å². The van der Waals surface area contributed by atoms with Gasteiger partial charge in [0.15, 0.2) is 11.5 Å². The molecule has 2 aliphatic heterocycles. The highest BCUT2D eigenvalue weighted by atomic mass is 16.2. The van der Waals surface area contributed by atoms with E-state index in [1.165, 1.54) is 27.9 Å². The van der Waals surface area contributed by atoms with Crippen LogP contribution in [0.2, 0.25) is 0 Å². The lowest BCUT2D eigenvalue weighted by Gasteiger charge is -2.31. The maximum Gasteiger partial charge on any atom is 0.274 e.